The van der Waals surface area contributed by atoms with Crippen LogP contribution < -0.4 is 5.32 Å². The van der Waals surface area contributed by atoms with Gasteiger partial charge in [-0.15, -0.1) is 0 Å². The molecule has 0 unspecified atom stereocenters. The van der Waals surface area contributed by atoms with Crippen molar-refractivity contribution < 1.29 is 4.79 Å². The number of benzene rings is 1. The fourth-order valence-corrected chi connectivity index (χ4v) is 3.50. The molecular weight excluding hydrogens is 314 g/mol. The molecular formula is C19H27N5O. The van der Waals surface area contributed by atoms with Crippen molar-refractivity contribution in [1.82, 2.24) is 20.0 Å². The second-order valence-electron chi connectivity index (χ2n) is 7.09. The number of aryl methyl sites for hydroxylation is 1. The van der Waals surface area contributed by atoms with Crippen LogP contribution in [0.2, 0.25) is 0 Å². The molecule has 1 fully saturated rings. The minimum atomic E-state index is -0.539. The van der Waals surface area contributed by atoms with Crippen LogP contribution in [0.1, 0.15) is 24.2 Å². The molecule has 0 bridgehead atoms. The maximum absolute atomic E-state index is 12.9. The highest BCUT2D eigenvalue weighted by Crippen LogP contribution is 2.29. The number of aromatic amines is 1. The SMILES string of the molecule is Cc1cc(CN2CCC(Nc3ccccc3)(C(=O)N(C)C)CC2)n[nH]1. The van der Waals surface area contributed by atoms with Crippen molar-refractivity contribution in [2.24, 2.45) is 0 Å². The number of amides is 1. The lowest BCUT2D eigenvalue weighted by molar-refractivity contribution is -0.135. The van der Waals surface area contributed by atoms with Gasteiger partial charge in [-0.1, -0.05) is 18.2 Å². The van der Waals surface area contributed by atoms with Crippen molar-refractivity contribution in [2.45, 2.75) is 31.8 Å². The maximum atomic E-state index is 12.9. The van der Waals surface area contributed by atoms with Crippen molar-refractivity contribution in [1.29, 1.82) is 0 Å². The summed E-state index contributed by atoms with van der Waals surface area (Å²) in [5.41, 5.74) is 2.59. The lowest BCUT2D eigenvalue weighted by atomic mass is 9.85. The summed E-state index contributed by atoms with van der Waals surface area (Å²) < 4.78 is 0. The normalized spacial score (nSPS) is 17.2. The molecule has 3 rings (SSSR count). The zero-order chi connectivity index (χ0) is 17.9. The zero-order valence-corrected chi connectivity index (χ0v) is 15.2. The Hall–Kier alpha value is -2.34. The Morgan fingerprint density at radius 1 is 1.28 bits per heavy atom. The Labute approximate surface area is 149 Å². The largest absolute Gasteiger partial charge is 0.371 e. The molecule has 0 aliphatic carbocycles. The van der Waals surface area contributed by atoms with E-state index in [1.807, 2.05) is 51.4 Å². The van der Waals surface area contributed by atoms with Crippen molar-refractivity contribution in [3.63, 3.8) is 0 Å². The van der Waals surface area contributed by atoms with E-state index < -0.39 is 5.54 Å². The van der Waals surface area contributed by atoms with Crippen molar-refractivity contribution in [2.75, 3.05) is 32.5 Å². The van der Waals surface area contributed by atoms with Crippen molar-refractivity contribution in [3.05, 3.63) is 47.8 Å². The summed E-state index contributed by atoms with van der Waals surface area (Å²) in [4.78, 5) is 17.0. The first-order valence-electron chi connectivity index (χ1n) is 8.77. The number of carbonyl (C=O) groups is 1. The second-order valence-corrected chi connectivity index (χ2v) is 7.09. The minimum Gasteiger partial charge on any atom is -0.371 e. The van der Waals surface area contributed by atoms with Crippen molar-refractivity contribution in [3.8, 4) is 0 Å². The summed E-state index contributed by atoms with van der Waals surface area (Å²) in [7, 11) is 3.66. The number of para-hydroxylation sites is 1. The molecule has 0 spiro atoms. The van der Waals surface area contributed by atoms with Crippen LogP contribution in [-0.2, 0) is 11.3 Å². The summed E-state index contributed by atoms with van der Waals surface area (Å²) in [6.45, 7) is 4.57. The number of likely N-dealkylation sites (N-methyl/N-ethyl adjacent to an activating group) is 1. The van der Waals surface area contributed by atoms with Crippen LogP contribution in [0, 0.1) is 6.92 Å². The molecule has 1 saturated heterocycles. The number of aromatic nitrogens is 2. The van der Waals surface area contributed by atoms with E-state index in [2.05, 4.69) is 26.5 Å². The monoisotopic (exact) mass is 341 g/mol. The van der Waals surface area contributed by atoms with Crippen LogP contribution in [0.4, 0.5) is 5.69 Å². The number of nitrogens with zero attached hydrogens (tertiary/aromatic N) is 3. The molecule has 6 nitrogen and oxygen atoms in total. The van der Waals surface area contributed by atoms with Crippen LogP contribution in [0.15, 0.2) is 36.4 Å². The summed E-state index contributed by atoms with van der Waals surface area (Å²) in [6, 6.07) is 12.1. The van der Waals surface area contributed by atoms with Crippen LogP contribution in [0.5, 0.6) is 0 Å². The molecule has 0 saturated carbocycles. The molecule has 1 aliphatic rings. The number of H-pyrrole nitrogens is 1. The molecule has 134 valence electrons. The summed E-state index contributed by atoms with van der Waals surface area (Å²) in [5, 5.41) is 10.8. The highest BCUT2D eigenvalue weighted by molar-refractivity contribution is 5.89. The van der Waals surface area contributed by atoms with Crippen molar-refractivity contribution >= 4 is 11.6 Å². The third-order valence-electron chi connectivity index (χ3n) is 4.83. The number of anilines is 1. The summed E-state index contributed by atoms with van der Waals surface area (Å²) >= 11 is 0. The van der Waals surface area contributed by atoms with E-state index in [-0.39, 0.29) is 5.91 Å². The molecule has 2 aromatic rings. The topological polar surface area (TPSA) is 64.3 Å². The predicted octanol–water partition coefficient (Wildman–Crippen LogP) is 2.25. The minimum absolute atomic E-state index is 0.145. The number of hydrogen-bond donors (Lipinski definition) is 2. The fraction of sp³-hybridized carbons (Fsp3) is 0.474. The number of likely N-dealkylation sites (tertiary alicyclic amines) is 1. The number of rotatable bonds is 5. The van der Waals surface area contributed by atoms with E-state index in [0.29, 0.717) is 0 Å². The molecule has 0 atom stereocenters. The highest BCUT2D eigenvalue weighted by atomic mass is 16.2. The number of carbonyl (C=O) groups excluding carboxylic acids is 1. The molecule has 2 N–H and O–H groups in total. The molecule has 6 heteroatoms. The molecule has 1 aromatic heterocycles. The molecule has 25 heavy (non-hydrogen) atoms. The van der Waals surface area contributed by atoms with E-state index in [1.54, 1.807) is 4.90 Å². The van der Waals surface area contributed by atoms with Gasteiger partial charge in [0.1, 0.15) is 5.54 Å². The average molecular weight is 341 g/mol. The summed E-state index contributed by atoms with van der Waals surface area (Å²) in [5.74, 6) is 0.145. The highest BCUT2D eigenvalue weighted by Gasteiger charge is 2.42. The molecule has 2 heterocycles. The lowest BCUT2D eigenvalue weighted by Crippen LogP contribution is -2.57. The lowest BCUT2D eigenvalue weighted by Gasteiger charge is -2.42. The van der Waals surface area contributed by atoms with E-state index >= 15 is 0 Å². The summed E-state index contributed by atoms with van der Waals surface area (Å²) in [6.07, 6.45) is 1.56. The van der Waals surface area contributed by atoms with Gasteiger partial charge in [-0.3, -0.25) is 14.8 Å². The molecule has 1 amide bonds. The Bertz CT molecular complexity index is 702. The fourth-order valence-electron chi connectivity index (χ4n) is 3.50. The number of nitrogens with one attached hydrogen (secondary N) is 2. The third kappa shape index (κ3) is 4.02. The Morgan fingerprint density at radius 3 is 2.52 bits per heavy atom. The maximum Gasteiger partial charge on any atom is 0.247 e. The van der Waals surface area contributed by atoms with Gasteiger partial charge < -0.3 is 10.2 Å². The zero-order valence-electron chi connectivity index (χ0n) is 15.2. The van der Waals surface area contributed by atoms with Gasteiger partial charge in [-0.25, -0.2) is 0 Å². The van der Waals surface area contributed by atoms with Crippen LogP contribution in [-0.4, -0.2) is 58.6 Å². The first-order valence-corrected chi connectivity index (χ1v) is 8.77. The van der Waals surface area contributed by atoms with E-state index in [9.17, 15) is 4.79 Å². The van der Waals surface area contributed by atoms with Gasteiger partial charge in [-0.2, -0.15) is 5.10 Å². The first kappa shape index (κ1) is 17.5. The first-order chi connectivity index (χ1) is 12.0. The van der Waals surface area contributed by atoms with E-state index in [1.165, 1.54) is 0 Å². The van der Waals surface area contributed by atoms with E-state index in [4.69, 9.17) is 0 Å². The van der Waals surface area contributed by atoms with Gasteiger partial charge in [0, 0.05) is 45.1 Å². The predicted molar refractivity (Wildman–Crippen MR) is 99.3 cm³/mol. The van der Waals surface area contributed by atoms with Gasteiger partial charge >= 0.3 is 0 Å². The Morgan fingerprint density at radius 2 is 1.96 bits per heavy atom. The average Bonchev–Trinajstić information content (AvgIpc) is 3.02. The number of piperidine rings is 1. The van der Waals surface area contributed by atoms with Gasteiger partial charge in [0.2, 0.25) is 5.91 Å². The Balaban J connectivity index is 1.71. The third-order valence-corrected chi connectivity index (χ3v) is 4.83. The smallest absolute Gasteiger partial charge is 0.247 e. The molecule has 1 aromatic carbocycles. The van der Waals surface area contributed by atoms with Crippen LogP contribution in [0.25, 0.3) is 0 Å². The van der Waals surface area contributed by atoms with E-state index in [0.717, 1.165) is 49.6 Å². The van der Waals surface area contributed by atoms with Gasteiger partial charge in [0.15, 0.2) is 0 Å². The van der Waals surface area contributed by atoms with Crippen LogP contribution in [0.3, 0.4) is 0 Å². The van der Waals surface area contributed by atoms with Gasteiger partial charge in [-0.05, 0) is 38.0 Å². The van der Waals surface area contributed by atoms with Crippen LogP contribution >= 0.6 is 0 Å². The Kier molecular flexibility index (Phi) is 5.08. The standard InChI is InChI=1S/C19H27N5O/c1-15-13-17(22-21-15)14-24-11-9-19(10-12-24,18(25)23(2)3)20-16-7-5-4-6-8-16/h4-8,13,20H,9-12,14H2,1-3H3,(H,21,22). The van der Waals surface area contributed by atoms with Gasteiger partial charge in [0.05, 0.1) is 5.69 Å². The van der Waals surface area contributed by atoms with Gasteiger partial charge in [0.25, 0.3) is 0 Å². The number of hydrogen-bond acceptors (Lipinski definition) is 4. The molecule has 0 radical (unpaired) electrons. The quantitative estimate of drug-likeness (QED) is 0.875. The second kappa shape index (κ2) is 7.27. The molecule has 1 aliphatic heterocycles.